The number of nitriles is 1. The molecule has 4 nitrogen and oxygen atoms in total. The highest BCUT2D eigenvalue weighted by atomic mass is 16.1. The molecule has 0 amide bonds. The quantitative estimate of drug-likeness (QED) is 0.536. The first-order valence-electron chi connectivity index (χ1n) is 11.7. The van der Waals surface area contributed by atoms with Crippen molar-refractivity contribution in [2.24, 2.45) is 5.92 Å². The number of fused-ring (bicyclic) bond motifs is 5. The van der Waals surface area contributed by atoms with E-state index in [4.69, 9.17) is 0 Å². The lowest BCUT2D eigenvalue weighted by atomic mass is 9.80. The van der Waals surface area contributed by atoms with Crippen LogP contribution in [0, 0.1) is 17.2 Å². The number of quaternary nitrogens is 1. The van der Waals surface area contributed by atoms with Crippen LogP contribution in [-0.2, 0) is 13.1 Å². The molecule has 1 N–H and O–H groups in total. The molecular weight excluding hydrogens is 406 g/mol. The second-order valence-corrected chi connectivity index (χ2v) is 9.59. The summed E-state index contributed by atoms with van der Waals surface area (Å²) in [5, 5.41) is 11.7. The SMILES string of the molecule is N#Cc1cccc(C[NH+]2C[C@@H]3C[C@H](C2)c2c(-c4ccc5ccccc5c4)ccc(=O)n2C3)c1. The Morgan fingerprint density at radius 3 is 2.70 bits per heavy atom. The molecule has 3 heterocycles. The average Bonchev–Trinajstić information content (AvgIpc) is 2.84. The Hall–Kier alpha value is -3.68. The number of piperidine rings is 1. The van der Waals surface area contributed by atoms with Crippen LogP contribution in [0.15, 0.2) is 83.7 Å². The van der Waals surface area contributed by atoms with E-state index in [-0.39, 0.29) is 5.56 Å². The van der Waals surface area contributed by atoms with Crippen molar-refractivity contribution in [2.75, 3.05) is 13.1 Å². The van der Waals surface area contributed by atoms with Crippen LogP contribution in [0.5, 0.6) is 0 Å². The minimum Gasteiger partial charge on any atom is -0.330 e. The zero-order valence-electron chi connectivity index (χ0n) is 18.5. The maximum absolute atomic E-state index is 12.9. The maximum Gasteiger partial charge on any atom is 0.250 e. The Balaban J connectivity index is 1.37. The number of benzene rings is 3. The zero-order valence-corrected chi connectivity index (χ0v) is 18.5. The van der Waals surface area contributed by atoms with Crippen LogP contribution in [0.1, 0.15) is 29.2 Å². The Bertz CT molecular complexity index is 1460. The van der Waals surface area contributed by atoms with E-state index in [1.54, 1.807) is 11.0 Å². The molecule has 0 radical (unpaired) electrons. The minimum atomic E-state index is 0.120. The molecule has 4 aromatic rings. The lowest BCUT2D eigenvalue weighted by Gasteiger charge is -2.41. The van der Waals surface area contributed by atoms with Crippen molar-refractivity contribution in [3.63, 3.8) is 0 Å². The van der Waals surface area contributed by atoms with E-state index in [1.807, 2.05) is 24.3 Å². The lowest BCUT2D eigenvalue weighted by molar-refractivity contribution is -0.924. The number of nitrogens with one attached hydrogen (secondary N) is 1. The van der Waals surface area contributed by atoms with Crippen LogP contribution >= 0.6 is 0 Å². The highest BCUT2D eigenvalue weighted by Crippen LogP contribution is 2.37. The van der Waals surface area contributed by atoms with Crippen LogP contribution in [0.3, 0.4) is 0 Å². The van der Waals surface area contributed by atoms with Crippen molar-refractivity contribution in [3.8, 4) is 17.2 Å². The summed E-state index contributed by atoms with van der Waals surface area (Å²) in [6, 6.07) is 29.1. The molecule has 6 rings (SSSR count). The molecule has 0 spiro atoms. The van der Waals surface area contributed by atoms with Crippen molar-refractivity contribution in [3.05, 3.63) is 106 Å². The van der Waals surface area contributed by atoms with Crippen LogP contribution in [0.4, 0.5) is 0 Å². The van der Waals surface area contributed by atoms with Gasteiger partial charge < -0.3 is 9.47 Å². The second kappa shape index (κ2) is 8.03. The van der Waals surface area contributed by atoms with Gasteiger partial charge in [-0.15, -0.1) is 0 Å². The van der Waals surface area contributed by atoms with Gasteiger partial charge in [-0.3, -0.25) is 4.79 Å². The molecular formula is C29H26N3O+. The smallest absolute Gasteiger partial charge is 0.250 e. The molecule has 0 aliphatic carbocycles. The molecule has 4 heteroatoms. The Morgan fingerprint density at radius 2 is 1.82 bits per heavy atom. The molecule has 2 aliphatic heterocycles. The van der Waals surface area contributed by atoms with Gasteiger partial charge in [0.15, 0.2) is 0 Å². The van der Waals surface area contributed by atoms with Gasteiger partial charge in [-0.25, -0.2) is 0 Å². The van der Waals surface area contributed by atoms with Crippen LogP contribution < -0.4 is 10.5 Å². The number of aromatic nitrogens is 1. The van der Waals surface area contributed by atoms with Gasteiger partial charge in [-0.1, -0.05) is 48.5 Å². The van der Waals surface area contributed by atoms with Crippen molar-refractivity contribution in [1.82, 2.24) is 4.57 Å². The maximum atomic E-state index is 12.9. The van der Waals surface area contributed by atoms with Gasteiger partial charge in [0.25, 0.3) is 5.56 Å². The molecule has 1 aromatic heterocycles. The molecule has 3 atom stereocenters. The minimum absolute atomic E-state index is 0.120. The van der Waals surface area contributed by atoms with Crippen molar-refractivity contribution in [1.29, 1.82) is 5.26 Å². The van der Waals surface area contributed by atoms with Gasteiger partial charge in [0.2, 0.25) is 0 Å². The third-order valence-corrected chi connectivity index (χ3v) is 7.35. The fraction of sp³-hybridized carbons (Fsp3) is 0.241. The number of pyridine rings is 1. The molecule has 1 fully saturated rings. The first-order valence-corrected chi connectivity index (χ1v) is 11.7. The molecule has 162 valence electrons. The highest BCUT2D eigenvalue weighted by molar-refractivity contribution is 5.87. The molecule has 0 saturated carbocycles. The predicted octanol–water partition coefficient (Wildman–Crippen LogP) is 3.74. The first-order chi connectivity index (χ1) is 16.2. The van der Waals surface area contributed by atoms with Crippen molar-refractivity contribution in [2.45, 2.75) is 25.4 Å². The topological polar surface area (TPSA) is 50.2 Å². The van der Waals surface area contributed by atoms with Crippen LogP contribution in [0.25, 0.3) is 21.9 Å². The van der Waals surface area contributed by atoms with Crippen molar-refractivity contribution < 1.29 is 4.90 Å². The van der Waals surface area contributed by atoms with Crippen LogP contribution in [0.2, 0.25) is 0 Å². The summed E-state index contributed by atoms with van der Waals surface area (Å²) in [6.45, 7) is 3.80. The first kappa shape index (κ1) is 20.0. The molecule has 2 aliphatic rings. The summed E-state index contributed by atoms with van der Waals surface area (Å²) >= 11 is 0. The number of nitrogens with zero attached hydrogens (tertiary/aromatic N) is 2. The fourth-order valence-electron chi connectivity index (χ4n) is 6.02. The van der Waals surface area contributed by atoms with Crippen molar-refractivity contribution >= 4 is 10.8 Å². The summed E-state index contributed by atoms with van der Waals surface area (Å²) < 4.78 is 2.05. The molecule has 3 aromatic carbocycles. The Morgan fingerprint density at radius 1 is 0.939 bits per heavy atom. The number of rotatable bonds is 3. The second-order valence-electron chi connectivity index (χ2n) is 9.59. The predicted molar refractivity (Wildman–Crippen MR) is 130 cm³/mol. The normalized spacial score (nSPS) is 21.4. The fourth-order valence-corrected chi connectivity index (χ4v) is 6.02. The van der Waals surface area contributed by atoms with E-state index < -0.39 is 0 Å². The summed E-state index contributed by atoms with van der Waals surface area (Å²) in [4.78, 5) is 14.4. The highest BCUT2D eigenvalue weighted by Gasteiger charge is 2.38. The zero-order chi connectivity index (χ0) is 22.4. The van der Waals surface area contributed by atoms with Gasteiger partial charge in [-0.2, -0.15) is 5.26 Å². The van der Waals surface area contributed by atoms with E-state index in [9.17, 15) is 10.1 Å². The number of likely N-dealkylation sites (tertiary alicyclic amines) is 1. The van der Waals surface area contributed by atoms with E-state index in [0.29, 0.717) is 11.8 Å². The Kier molecular flexibility index (Phi) is 4.86. The average molecular weight is 433 g/mol. The summed E-state index contributed by atoms with van der Waals surface area (Å²) in [7, 11) is 0. The van der Waals surface area contributed by atoms with Gasteiger partial charge >= 0.3 is 0 Å². The Labute approximate surface area is 193 Å². The third-order valence-electron chi connectivity index (χ3n) is 7.35. The van der Waals surface area contributed by atoms with E-state index in [2.05, 4.69) is 59.2 Å². The van der Waals surface area contributed by atoms with Gasteiger partial charge in [0.05, 0.1) is 24.7 Å². The molecule has 2 bridgehead atoms. The monoisotopic (exact) mass is 432 g/mol. The number of hydrogen-bond acceptors (Lipinski definition) is 2. The van der Waals surface area contributed by atoms with E-state index in [1.165, 1.54) is 33.2 Å². The molecule has 1 unspecified atom stereocenters. The number of hydrogen-bond donors (Lipinski definition) is 1. The molecule has 1 saturated heterocycles. The third kappa shape index (κ3) is 3.65. The summed E-state index contributed by atoms with van der Waals surface area (Å²) in [5.74, 6) is 0.872. The van der Waals surface area contributed by atoms with Gasteiger partial charge in [-0.05, 0) is 47.0 Å². The van der Waals surface area contributed by atoms with Gasteiger partial charge in [0.1, 0.15) is 6.54 Å². The summed E-state index contributed by atoms with van der Waals surface area (Å²) in [5.41, 5.74) is 5.64. The lowest BCUT2D eigenvalue weighted by Crippen LogP contribution is -3.13. The van der Waals surface area contributed by atoms with E-state index >= 15 is 0 Å². The standard InChI is InChI=1S/C29H25N3O/c30-15-20-4-3-5-21(12-20)16-31-17-22-13-26(19-31)29-27(10-11-28(33)32(29)18-22)25-9-8-23-6-1-2-7-24(23)14-25/h1-12,14,22,26H,13,16-19H2/p+1/t22-,26+/m0/s1. The van der Waals surface area contributed by atoms with Crippen LogP contribution in [-0.4, -0.2) is 17.7 Å². The largest absolute Gasteiger partial charge is 0.330 e. The summed E-state index contributed by atoms with van der Waals surface area (Å²) in [6.07, 6.45) is 1.14. The molecule has 33 heavy (non-hydrogen) atoms. The van der Waals surface area contributed by atoms with Gasteiger partial charge in [0, 0.05) is 41.3 Å². The van der Waals surface area contributed by atoms with E-state index in [0.717, 1.165) is 38.2 Å².